The number of ketones is 1. The molecule has 5 aliphatic rings. The van der Waals surface area contributed by atoms with Gasteiger partial charge < -0.3 is 14.7 Å². The zero-order valence-electron chi connectivity index (χ0n) is 35.7. The summed E-state index contributed by atoms with van der Waals surface area (Å²) in [5.74, 6) is 1.35. The molecule has 7 nitrogen and oxygen atoms in total. The number of hydrogen-bond donors (Lipinski definition) is 1. The summed E-state index contributed by atoms with van der Waals surface area (Å²) in [5.41, 5.74) is 2.91. The standard InChI is InChI=1S/C47H71ClN2O5/c1-30(2)40-36(51)27-47(23-24-50(26-25-49(9)10)29-31-11-13-32(48)14-12-31)22-21-45(7)33-17-18-37-44(5,6)38(55-39(52)28-43(3,4)42(53)54)19-20-46(37,8)34(33)15-16-35(45)41(40)47/h11-14,30,33-35,37-38H,15-29H2,1-10H3,(H,53,54)/t33-,34?,35-,37?,38+,45+,46-,47-/m1/s1. The number of fused-ring (bicyclic) bond motifs is 7. The van der Waals surface area contributed by atoms with Crippen LogP contribution in [0.5, 0.6) is 0 Å². The molecule has 306 valence electrons. The van der Waals surface area contributed by atoms with Crippen molar-refractivity contribution >= 4 is 29.3 Å². The molecule has 8 heteroatoms. The summed E-state index contributed by atoms with van der Waals surface area (Å²) in [6, 6.07) is 8.27. The quantitative estimate of drug-likeness (QED) is 0.200. The van der Waals surface area contributed by atoms with Crippen molar-refractivity contribution in [1.29, 1.82) is 0 Å². The molecule has 0 heterocycles. The number of nitrogens with zero attached hydrogens (tertiary/aromatic N) is 2. The summed E-state index contributed by atoms with van der Waals surface area (Å²) in [6.07, 6.45) is 10.2. The Bertz CT molecular complexity index is 1650. The van der Waals surface area contributed by atoms with E-state index in [1.807, 2.05) is 12.1 Å². The number of rotatable bonds is 13. The maximum Gasteiger partial charge on any atom is 0.309 e. The fraction of sp³-hybridized carbons (Fsp3) is 0.766. The molecule has 0 spiro atoms. The fourth-order valence-corrected chi connectivity index (χ4v) is 13.3. The highest BCUT2D eigenvalue weighted by Crippen LogP contribution is 2.73. The molecule has 6 rings (SSSR count). The molecule has 0 radical (unpaired) electrons. The van der Waals surface area contributed by atoms with Crippen LogP contribution in [0.1, 0.15) is 132 Å². The molecule has 4 saturated carbocycles. The summed E-state index contributed by atoms with van der Waals surface area (Å²) in [7, 11) is 4.29. The number of ether oxygens (including phenoxy) is 1. The van der Waals surface area contributed by atoms with Crippen LogP contribution in [0, 0.1) is 56.7 Å². The summed E-state index contributed by atoms with van der Waals surface area (Å²) in [6.45, 7) is 21.3. The van der Waals surface area contributed by atoms with Gasteiger partial charge in [-0.05, 0) is 156 Å². The molecule has 1 aromatic rings. The second-order valence-corrected chi connectivity index (χ2v) is 21.4. The van der Waals surface area contributed by atoms with Crippen LogP contribution in [0.25, 0.3) is 0 Å². The van der Waals surface area contributed by atoms with Crippen molar-refractivity contribution in [2.45, 2.75) is 139 Å². The number of hydrogen-bond acceptors (Lipinski definition) is 6. The predicted octanol–water partition coefficient (Wildman–Crippen LogP) is 10.1. The van der Waals surface area contributed by atoms with Crippen LogP contribution in [0.15, 0.2) is 35.4 Å². The summed E-state index contributed by atoms with van der Waals surface area (Å²) in [4.78, 5) is 43.9. The first-order chi connectivity index (χ1) is 25.6. The van der Waals surface area contributed by atoms with Crippen LogP contribution in [0.3, 0.4) is 0 Å². The molecule has 0 aromatic heterocycles. The van der Waals surface area contributed by atoms with E-state index in [1.54, 1.807) is 19.4 Å². The van der Waals surface area contributed by atoms with Crippen LogP contribution < -0.4 is 0 Å². The van der Waals surface area contributed by atoms with Crippen molar-refractivity contribution < 1.29 is 24.2 Å². The zero-order chi connectivity index (χ0) is 40.3. The number of allylic oxidation sites excluding steroid dienone is 2. The number of aliphatic carboxylic acids is 1. The van der Waals surface area contributed by atoms with Crippen molar-refractivity contribution in [1.82, 2.24) is 9.80 Å². The first kappa shape index (κ1) is 42.4. The highest BCUT2D eigenvalue weighted by atomic mass is 35.5. The zero-order valence-corrected chi connectivity index (χ0v) is 36.5. The lowest BCUT2D eigenvalue weighted by atomic mass is 9.37. The van der Waals surface area contributed by atoms with Crippen molar-refractivity contribution in [3.05, 3.63) is 46.0 Å². The number of Topliss-reactive ketones (excluding diaryl/α,β-unsaturated/α-hetero) is 1. The van der Waals surface area contributed by atoms with Crippen LogP contribution in [0.2, 0.25) is 5.02 Å². The Morgan fingerprint density at radius 1 is 0.909 bits per heavy atom. The highest BCUT2D eigenvalue weighted by Gasteiger charge is 2.66. The van der Waals surface area contributed by atoms with Gasteiger partial charge in [-0.1, -0.05) is 70.8 Å². The number of carbonyl (C=O) groups excluding carboxylic acids is 2. The lowest BCUT2D eigenvalue weighted by Gasteiger charge is -2.68. The Kier molecular flexibility index (Phi) is 12.0. The molecular weight excluding hydrogens is 708 g/mol. The molecule has 2 unspecified atom stereocenters. The Hall–Kier alpha value is -2.22. The van der Waals surface area contributed by atoms with Crippen molar-refractivity contribution in [2.75, 3.05) is 33.7 Å². The largest absolute Gasteiger partial charge is 0.481 e. The van der Waals surface area contributed by atoms with Gasteiger partial charge in [0.05, 0.1) is 11.8 Å². The third-order valence-electron chi connectivity index (χ3n) is 16.2. The number of carboxylic acid groups (broad SMARTS) is 1. The van der Waals surface area contributed by atoms with Crippen molar-refractivity contribution in [3.63, 3.8) is 0 Å². The highest BCUT2D eigenvalue weighted by molar-refractivity contribution is 6.30. The van der Waals surface area contributed by atoms with Gasteiger partial charge in [0, 0.05) is 41.9 Å². The second kappa shape index (κ2) is 15.5. The summed E-state index contributed by atoms with van der Waals surface area (Å²) in [5, 5.41) is 10.4. The molecule has 0 saturated heterocycles. The Morgan fingerprint density at radius 2 is 1.56 bits per heavy atom. The first-order valence-corrected chi connectivity index (χ1v) is 21.8. The molecule has 0 amide bonds. The number of halogens is 1. The first-order valence-electron chi connectivity index (χ1n) is 21.5. The SMILES string of the molecule is CC(C)C1=C2[C@H]3CCC4[C@@H](CCC5C(C)(C)[C@@H](OC(=O)CC(C)(C)C(=O)O)CC[C@]45C)[C@]3(C)CC[C@@]2(CCN(CCN(C)C)Cc2ccc(Cl)cc2)CC1=O. The average molecular weight is 780 g/mol. The van der Waals surface area contributed by atoms with Gasteiger partial charge >= 0.3 is 11.9 Å². The monoisotopic (exact) mass is 779 g/mol. The molecule has 5 aliphatic carbocycles. The Morgan fingerprint density at radius 3 is 2.20 bits per heavy atom. The smallest absolute Gasteiger partial charge is 0.309 e. The van der Waals surface area contributed by atoms with Gasteiger partial charge in [0.25, 0.3) is 0 Å². The van der Waals surface area contributed by atoms with Crippen LogP contribution in [-0.2, 0) is 25.7 Å². The van der Waals surface area contributed by atoms with E-state index >= 15 is 0 Å². The lowest BCUT2D eigenvalue weighted by molar-refractivity contribution is -0.204. The third kappa shape index (κ3) is 7.86. The van der Waals surface area contributed by atoms with Gasteiger partial charge in [-0.15, -0.1) is 0 Å². The van der Waals surface area contributed by atoms with E-state index in [4.69, 9.17) is 16.3 Å². The molecule has 1 aromatic carbocycles. The minimum atomic E-state index is -1.15. The summed E-state index contributed by atoms with van der Waals surface area (Å²) < 4.78 is 6.18. The van der Waals surface area contributed by atoms with Crippen LogP contribution in [0.4, 0.5) is 0 Å². The number of esters is 1. The number of carbonyl (C=O) groups is 3. The minimum Gasteiger partial charge on any atom is -0.481 e. The van der Waals surface area contributed by atoms with Gasteiger partial charge in [0.15, 0.2) is 5.78 Å². The maximum atomic E-state index is 14.2. The van der Waals surface area contributed by atoms with E-state index in [0.29, 0.717) is 35.9 Å². The normalized spacial score (nSPS) is 34.4. The average Bonchev–Trinajstić information content (AvgIpc) is 3.40. The number of benzene rings is 1. The fourth-order valence-electron chi connectivity index (χ4n) is 13.2. The Balaban J connectivity index is 1.23. The Labute approximate surface area is 337 Å². The van der Waals surface area contributed by atoms with Gasteiger partial charge in [-0.25, -0.2) is 0 Å². The maximum absolute atomic E-state index is 14.2. The number of likely N-dealkylation sites (N-methyl/N-ethyl adjacent to an activating group) is 1. The number of carboxylic acids is 1. The van der Waals surface area contributed by atoms with Gasteiger partial charge in [-0.3, -0.25) is 19.3 Å². The lowest BCUT2D eigenvalue weighted by Crippen LogP contribution is -2.62. The minimum absolute atomic E-state index is 0.0513. The molecule has 1 N–H and O–H groups in total. The van der Waals surface area contributed by atoms with Crippen LogP contribution in [-0.4, -0.2) is 72.5 Å². The van der Waals surface area contributed by atoms with Gasteiger partial charge in [0.2, 0.25) is 0 Å². The van der Waals surface area contributed by atoms with Gasteiger partial charge in [0.1, 0.15) is 6.10 Å². The molecule has 8 atom stereocenters. The molecule has 0 bridgehead atoms. The molecular formula is C47H71ClN2O5. The van der Waals surface area contributed by atoms with Gasteiger partial charge in [-0.2, -0.15) is 0 Å². The third-order valence-corrected chi connectivity index (χ3v) is 16.5. The van der Waals surface area contributed by atoms with Crippen LogP contribution >= 0.6 is 11.6 Å². The molecule has 55 heavy (non-hydrogen) atoms. The molecule has 4 fully saturated rings. The summed E-state index contributed by atoms with van der Waals surface area (Å²) >= 11 is 6.25. The molecule has 0 aliphatic heterocycles. The van der Waals surface area contributed by atoms with Crippen molar-refractivity contribution in [3.8, 4) is 0 Å². The van der Waals surface area contributed by atoms with E-state index in [1.165, 1.54) is 30.4 Å². The predicted molar refractivity (Wildman–Crippen MR) is 221 cm³/mol. The van der Waals surface area contributed by atoms with E-state index in [0.717, 1.165) is 69.7 Å². The van der Waals surface area contributed by atoms with E-state index in [2.05, 4.69) is 77.6 Å². The van der Waals surface area contributed by atoms with E-state index in [-0.39, 0.29) is 40.1 Å². The second-order valence-electron chi connectivity index (χ2n) is 21.0. The topological polar surface area (TPSA) is 87.2 Å². The van der Waals surface area contributed by atoms with Crippen molar-refractivity contribution in [2.24, 2.45) is 56.7 Å². The van der Waals surface area contributed by atoms with E-state index < -0.39 is 17.4 Å². The van der Waals surface area contributed by atoms with E-state index in [9.17, 15) is 19.5 Å².